The number of carboxylic acids is 1. The van der Waals surface area contributed by atoms with Gasteiger partial charge in [0, 0.05) is 17.8 Å². The highest BCUT2D eigenvalue weighted by molar-refractivity contribution is 5.66. The van der Waals surface area contributed by atoms with E-state index in [-0.39, 0.29) is 5.41 Å². The number of carbonyl (C=O) groups is 1. The van der Waals surface area contributed by atoms with E-state index in [0.29, 0.717) is 29.6 Å². The van der Waals surface area contributed by atoms with Crippen molar-refractivity contribution in [2.75, 3.05) is 0 Å². The van der Waals surface area contributed by atoms with Gasteiger partial charge in [-0.05, 0) is 67.8 Å². The van der Waals surface area contributed by atoms with Crippen LogP contribution in [-0.2, 0) is 4.79 Å². The second-order valence-corrected chi connectivity index (χ2v) is 8.95. The largest absolute Gasteiger partial charge is 0.481 e. The highest BCUT2D eigenvalue weighted by Gasteiger charge is 2.54. The van der Waals surface area contributed by atoms with Gasteiger partial charge in [0.2, 0.25) is 0 Å². The minimum Gasteiger partial charge on any atom is -0.481 e. The van der Waals surface area contributed by atoms with E-state index in [1.807, 2.05) is 0 Å². The molecule has 0 aromatic heterocycles. The van der Waals surface area contributed by atoms with E-state index in [9.17, 15) is 4.79 Å². The zero-order valence-corrected chi connectivity index (χ0v) is 15.1. The van der Waals surface area contributed by atoms with Gasteiger partial charge in [0.05, 0.1) is 0 Å². The van der Waals surface area contributed by atoms with Gasteiger partial charge in [-0.1, -0.05) is 43.7 Å². The molecule has 0 saturated heterocycles. The van der Waals surface area contributed by atoms with Gasteiger partial charge in [-0.15, -0.1) is 0 Å². The van der Waals surface area contributed by atoms with Crippen LogP contribution in [0.4, 0.5) is 0 Å². The number of hydrogen-bond donors (Lipinski definition) is 1. The molecule has 2 nitrogen and oxygen atoms in total. The highest BCUT2D eigenvalue weighted by Crippen LogP contribution is 2.63. The third-order valence-electron chi connectivity index (χ3n) is 7.87. The maximum absolute atomic E-state index is 11.0. The molecule has 0 radical (unpaired) electrons. The van der Waals surface area contributed by atoms with Crippen molar-refractivity contribution in [3.05, 3.63) is 35.5 Å². The van der Waals surface area contributed by atoms with E-state index in [1.165, 1.54) is 32.1 Å². The Morgan fingerprint density at radius 2 is 2.12 bits per heavy atom. The maximum atomic E-state index is 11.0. The summed E-state index contributed by atoms with van der Waals surface area (Å²) < 4.78 is 0. The molecule has 0 heterocycles. The molecule has 1 saturated carbocycles. The lowest BCUT2D eigenvalue weighted by Crippen LogP contribution is -2.42. The molecule has 4 aliphatic rings. The second kappa shape index (κ2) is 5.61. The summed E-state index contributed by atoms with van der Waals surface area (Å²) in [6, 6.07) is 0. The molecular formula is C22H30O2. The lowest BCUT2D eigenvalue weighted by atomic mass is 9.53. The van der Waals surface area contributed by atoms with Crippen molar-refractivity contribution in [3.63, 3.8) is 0 Å². The van der Waals surface area contributed by atoms with E-state index < -0.39 is 5.97 Å². The standard InChI is InChI=1S/C22H30O2/c1-21-13-4-3-5-15(21)6-9-17-18-10-7-16(8-11-20(23)24)22(18,2)14-12-19(17)21/h5-6,9,12,16-18H,3-4,7-8,10-11,13-14H2,1-2H3,(H,23,24)/t16-,17+,18+,21+,22-/m1/s1. The Labute approximate surface area is 145 Å². The average Bonchev–Trinajstić information content (AvgIpc) is 2.89. The Kier molecular flexibility index (Phi) is 3.78. The first-order chi connectivity index (χ1) is 11.4. The molecular weight excluding hydrogens is 296 g/mol. The van der Waals surface area contributed by atoms with Crippen molar-refractivity contribution in [2.45, 2.75) is 65.2 Å². The number of allylic oxidation sites excluding steroid dienone is 6. The molecule has 0 amide bonds. The first-order valence-electron chi connectivity index (χ1n) is 9.76. The van der Waals surface area contributed by atoms with Crippen LogP contribution in [-0.4, -0.2) is 11.1 Å². The Morgan fingerprint density at radius 1 is 1.29 bits per heavy atom. The van der Waals surface area contributed by atoms with E-state index in [2.05, 4.69) is 38.2 Å². The molecule has 1 N–H and O–H groups in total. The highest BCUT2D eigenvalue weighted by atomic mass is 16.4. The lowest BCUT2D eigenvalue weighted by molar-refractivity contribution is -0.137. The molecule has 0 bridgehead atoms. The fourth-order valence-electron chi connectivity index (χ4n) is 6.39. The molecule has 0 unspecified atom stereocenters. The fraction of sp³-hybridized carbons (Fsp3) is 0.682. The Balaban J connectivity index is 1.65. The average molecular weight is 326 g/mol. The SMILES string of the molecule is C[C@]12CCCC=C1C=C[C@@H]1C2=CC[C@]2(C)[C@@H](CCC(=O)O)CC[C@@H]12. The smallest absolute Gasteiger partial charge is 0.303 e. The molecule has 0 spiro atoms. The van der Waals surface area contributed by atoms with Crippen LogP contribution in [0.5, 0.6) is 0 Å². The summed E-state index contributed by atoms with van der Waals surface area (Å²) in [5, 5.41) is 9.08. The summed E-state index contributed by atoms with van der Waals surface area (Å²) in [4.78, 5) is 11.0. The van der Waals surface area contributed by atoms with Crippen LogP contribution in [0, 0.1) is 28.6 Å². The van der Waals surface area contributed by atoms with Crippen molar-refractivity contribution in [3.8, 4) is 0 Å². The van der Waals surface area contributed by atoms with Crippen LogP contribution in [0.25, 0.3) is 0 Å². The summed E-state index contributed by atoms with van der Waals surface area (Å²) in [5.74, 6) is 1.21. The number of fused-ring (bicyclic) bond motifs is 5. The van der Waals surface area contributed by atoms with Gasteiger partial charge in [-0.2, -0.15) is 0 Å². The molecule has 4 aliphatic carbocycles. The second-order valence-electron chi connectivity index (χ2n) is 8.95. The molecule has 130 valence electrons. The van der Waals surface area contributed by atoms with Crippen LogP contribution in [0.15, 0.2) is 35.5 Å². The minimum absolute atomic E-state index is 0.262. The predicted molar refractivity (Wildman–Crippen MR) is 96.6 cm³/mol. The normalized spacial score (nSPS) is 43.3. The molecule has 0 aromatic carbocycles. The quantitative estimate of drug-likeness (QED) is 0.694. The van der Waals surface area contributed by atoms with Crippen molar-refractivity contribution >= 4 is 5.97 Å². The molecule has 1 fully saturated rings. The number of hydrogen-bond acceptors (Lipinski definition) is 1. The topological polar surface area (TPSA) is 37.3 Å². The number of rotatable bonds is 3. The third kappa shape index (κ3) is 2.25. The van der Waals surface area contributed by atoms with Crippen molar-refractivity contribution < 1.29 is 9.90 Å². The molecule has 0 aromatic rings. The Bertz CT molecular complexity index is 640. The van der Waals surface area contributed by atoms with E-state index in [0.717, 1.165) is 12.8 Å². The van der Waals surface area contributed by atoms with Crippen LogP contribution in [0.3, 0.4) is 0 Å². The Hall–Kier alpha value is -1.31. The molecule has 4 rings (SSSR count). The van der Waals surface area contributed by atoms with E-state index in [1.54, 1.807) is 11.1 Å². The van der Waals surface area contributed by atoms with Crippen LogP contribution in [0.2, 0.25) is 0 Å². The van der Waals surface area contributed by atoms with Gasteiger partial charge >= 0.3 is 5.97 Å². The zero-order chi connectivity index (χ0) is 16.9. The lowest BCUT2D eigenvalue weighted by Gasteiger charge is -2.51. The van der Waals surface area contributed by atoms with Crippen LogP contribution < -0.4 is 0 Å². The molecule has 24 heavy (non-hydrogen) atoms. The first kappa shape index (κ1) is 16.2. The van der Waals surface area contributed by atoms with Crippen LogP contribution >= 0.6 is 0 Å². The third-order valence-corrected chi connectivity index (χ3v) is 7.87. The number of aliphatic carboxylic acids is 1. The van der Waals surface area contributed by atoms with Crippen molar-refractivity contribution in [1.82, 2.24) is 0 Å². The van der Waals surface area contributed by atoms with Crippen molar-refractivity contribution in [2.24, 2.45) is 28.6 Å². The number of carboxylic acid groups (broad SMARTS) is 1. The summed E-state index contributed by atoms with van der Waals surface area (Å²) in [6.07, 6.45) is 18.5. The molecule has 2 heteroatoms. The van der Waals surface area contributed by atoms with Gasteiger partial charge in [-0.3, -0.25) is 4.79 Å². The van der Waals surface area contributed by atoms with Gasteiger partial charge in [0.15, 0.2) is 0 Å². The zero-order valence-electron chi connectivity index (χ0n) is 15.1. The van der Waals surface area contributed by atoms with E-state index >= 15 is 0 Å². The van der Waals surface area contributed by atoms with Gasteiger partial charge in [-0.25, -0.2) is 0 Å². The summed E-state index contributed by atoms with van der Waals surface area (Å²) >= 11 is 0. The predicted octanol–water partition coefficient (Wildman–Crippen LogP) is 5.52. The maximum Gasteiger partial charge on any atom is 0.303 e. The minimum atomic E-state index is -0.642. The molecule has 0 aliphatic heterocycles. The van der Waals surface area contributed by atoms with Crippen molar-refractivity contribution in [1.29, 1.82) is 0 Å². The van der Waals surface area contributed by atoms with Gasteiger partial charge in [0.25, 0.3) is 0 Å². The summed E-state index contributed by atoms with van der Waals surface area (Å²) in [7, 11) is 0. The van der Waals surface area contributed by atoms with Crippen LogP contribution in [0.1, 0.15) is 65.2 Å². The van der Waals surface area contributed by atoms with Gasteiger partial charge < -0.3 is 5.11 Å². The van der Waals surface area contributed by atoms with E-state index in [4.69, 9.17) is 5.11 Å². The Morgan fingerprint density at radius 3 is 2.92 bits per heavy atom. The monoisotopic (exact) mass is 326 g/mol. The first-order valence-corrected chi connectivity index (χ1v) is 9.76. The summed E-state index contributed by atoms with van der Waals surface area (Å²) in [6.45, 7) is 4.90. The summed E-state index contributed by atoms with van der Waals surface area (Å²) in [5.41, 5.74) is 3.77. The van der Waals surface area contributed by atoms with Gasteiger partial charge in [0.1, 0.15) is 0 Å². The molecule has 5 atom stereocenters. The fourth-order valence-corrected chi connectivity index (χ4v) is 6.39.